The van der Waals surface area contributed by atoms with E-state index in [4.69, 9.17) is 0 Å². The van der Waals surface area contributed by atoms with Gasteiger partial charge in [0.25, 0.3) is 0 Å². The Morgan fingerprint density at radius 1 is 1.44 bits per heavy atom. The SMILES string of the molecule is C=C1CCC(NC(=O)C2(C)CCNCC2)C(=O)N1. The second-order valence-electron chi connectivity index (χ2n) is 5.47. The van der Waals surface area contributed by atoms with E-state index in [1.54, 1.807) is 0 Å². The number of allylic oxidation sites excluding steroid dienone is 1. The van der Waals surface area contributed by atoms with Gasteiger partial charge in [-0.2, -0.15) is 0 Å². The third kappa shape index (κ3) is 2.72. The molecule has 2 amide bonds. The third-order valence-electron chi connectivity index (χ3n) is 3.91. The number of carbonyl (C=O) groups excluding carboxylic acids is 2. The fraction of sp³-hybridized carbons (Fsp3) is 0.692. The minimum atomic E-state index is -0.408. The molecule has 5 nitrogen and oxygen atoms in total. The van der Waals surface area contributed by atoms with Gasteiger partial charge in [0.2, 0.25) is 11.8 Å². The summed E-state index contributed by atoms with van der Waals surface area (Å²) in [5, 5.41) is 8.81. The van der Waals surface area contributed by atoms with Crippen molar-refractivity contribution in [3.8, 4) is 0 Å². The first-order chi connectivity index (χ1) is 8.51. The molecule has 0 spiro atoms. The Kier molecular flexibility index (Phi) is 3.71. The number of hydrogen-bond acceptors (Lipinski definition) is 3. The van der Waals surface area contributed by atoms with Gasteiger partial charge in [-0.25, -0.2) is 0 Å². The summed E-state index contributed by atoms with van der Waals surface area (Å²) in [5.41, 5.74) is 0.388. The summed E-state index contributed by atoms with van der Waals surface area (Å²) in [6, 6.07) is -0.408. The summed E-state index contributed by atoms with van der Waals surface area (Å²) in [6.45, 7) is 7.42. The minimum absolute atomic E-state index is 0.00309. The average Bonchev–Trinajstić information content (AvgIpc) is 2.33. The van der Waals surface area contributed by atoms with Crippen LogP contribution in [0.25, 0.3) is 0 Å². The normalized spacial score (nSPS) is 27.5. The van der Waals surface area contributed by atoms with E-state index in [0.717, 1.165) is 38.0 Å². The van der Waals surface area contributed by atoms with Crippen molar-refractivity contribution in [3.05, 3.63) is 12.3 Å². The highest BCUT2D eigenvalue weighted by Gasteiger charge is 2.37. The monoisotopic (exact) mass is 251 g/mol. The van der Waals surface area contributed by atoms with Gasteiger partial charge in [-0.15, -0.1) is 0 Å². The maximum absolute atomic E-state index is 12.3. The summed E-state index contributed by atoms with van der Waals surface area (Å²) in [7, 11) is 0. The van der Waals surface area contributed by atoms with Crippen LogP contribution in [0.2, 0.25) is 0 Å². The second-order valence-corrected chi connectivity index (χ2v) is 5.47. The van der Waals surface area contributed by atoms with E-state index >= 15 is 0 Å². The molecule has 2 rings (SSSR count). The molecule has 3 N–H and O–H groups in total. The van der Waals surface area contributed by atoms with Crippen LogP contribution in [0.1, 0.15) is 32.6 Å². The van der Waals surface area contributed by atoms with E-state index < -0.39 is 6.04 Å². The Balaban J connectivity index is 1.94. The van der Waals surface area contributed by atoms with Crippen LogP contribution in [-0.2, 0) is 9.59 Å². The van der Waals surface area contributed by atoms with Gasteiger partial charge in [0.1, 0.15) is 6.04 Å². The summed E-state index contributed by atoms with van der Waals surface area (Å²) < 4.78 is 0. The Labute approximate surface area is 107 Å². The zero-order valence-corrected chi connectivity index (χ0v) is 10.8. The number of nitrogens with one attached hydrogen (secondary N) is 3. The van der Waals surface area contributed by atoms with Crippen molar-refractivity contribution >= 4 is 11.8 Å². The number of hydrogen-bond donors (Lipinski definition) is 3. The standard InChI is InChI=1S/C13H21N3O2/c1-9-3-4-10(11(17)15-9)16-12(18)13(2)5-7-14-8-6-13/h10,14H,1,3-8H2,2H3,(H,15,17)(H,16,18). The highest BCUT2D eigenvalue weighted by Crippen LogP contribution is 2.28. The topological polar surface area (TPSA) is 70.2 Å². The number of amides is 2. The molecule has 0 radical (unpaired) electrons. The van der Waals surface area contributed by atoms with Crippen molar-refractivity contribution in [3.63, 3.8) is 0 Å². The van der Waals surface area contributed by atoms with Crippen LogP contribution in [0.15, 0.2) is 12.3 Å². The first-order valence-corrected chi connectivity index (χ1v) is 6.52. The molecule has 0 saturated carbocycles. The molecule has 2 heterocycles. The van der Waals surface area contributed by atoms with Crippen LogP contribution in [0, 0.1) is 5.41 Å². The predicted molar refractivity (Wildman–Crippen MR) is 68.7 cm³/mol. The van der Waals surface area contributed by atoms with Crippen molar-refractivity contribution in [2.24, 2.45) is 5.41 Å². The smallest absolute Gasteiger partial charge is 0.246 e. The minimum Gasteiger partial charge on any atom is -0.344 e. The number of piperidine rings is 2. The molecule has 0 aromatic rings. The molecule has 18 heavy (non-hydrogen) atoms. The van der Waals surface area contributed by atoms with Crippen LogP contribution in [0.4, 0.5) is 0 Å². The van der Waals surface area contributed by atoms with Crippen molar-refractivity contribution in [2.45, 2.75) is 38.6 Å². The molecule has 0 bridgehead atoms. The van der Waals surface area contributed by atoms with Gasteiger partial charge in [0.15, 0.2) is 0 Å². The van der Waals surface area contributed by atoms with Gasteiger partial charge in [-0.05, 0) is 38.8 Å². The molecule has 2 saturated heterocycles. The molecule has 1 unspecified atom stereocenters. The Morgan fingerprint density at radius 2 is 2.11 bits per heavy atom. The Hall–Kier alpha value is -1.36. The Morgan fingerprint density at radius 3 is 2.72 bits per heavy atom. The quantitative estimate of drug-likeness (QED) is 0.660. The lowest BCUT2D eigenvalue weighted by Crippen LogP contribution is -2.54. The molecule has 2 aliphatic rings. The predicted octanol–water partition coefficient (Wildman–Crippen LogP) is 0.285. The molecular formula is C13H21N3O2. The molecule has 100 valence electrons. The van der Waals surface area contributed by atoms with Crippen molar-refractivity contribution in [2.75, 3.05) is 13.1 Å². The van der Waals surface area contributed by atoms with Crippen molar-refractivity contribution < 1.29 is 9.59 Å². The lowest BCUT2D eigenvalue weighted by Gasteiger charge is -2.34. The fourth-order valence-corrected chi connectivity index (χ4v) is 2.45. The highest BCUT2D eigenvalue weighted by atomic mass is 16.2. The average molecular weight is 251 g/mol. The highest BCUT2D eigenvalue weighted by molar-refractivity contribution is 5.91. The van der Waals surface area contributed by atoms with E-state index in [0.29, 0.717) is 6.42 Å². The van der Waals surface area contributed by atoms with E-state index in [1.807, 2.05) is 6.92 Å². The van der Waals surface area contributed by atoms with Gasteiger partial charge < -0.3 is 16.0 Å². The molecule has 0 aromatic heterocycles. The van der Waals surface area contributed by atoms with Crippen LogP contribution in [-0.4, -0.2) is 30.9 Å². The molecule has 0 aromatic carbocycles. The third-order valence-corrected chi connectivity index (χ3v) is 3.91. The summed E-state index contributed by atoms with van der Waals surface area (Å²) in [4.78, 5) is 24.0. The first kappa shape index (κ1) is 13.1. The van der Waals surface area contributed by atoms with E-state index in [-0.39, 0.29) is 17.2 Å². The van der Waals surface area contributed by atoms with E-state index in [1.165, 1.54) is 0 Å². The van der Waals surface area contributed by atoms with E-state index in [9.17, 15) is 9.59 Å². The number of rotatable bonds is 2. The van der Waals surface area contributed by atoms with Gasteiger partial charge in [-0.3, -0.25) is 9.59 Å². The van der Waals surface area contributed by atoms with Crippen LogP contribution < -0.4 is 16.0 Å². The number of carbonyl (C=O) groups is 2. The van der Waals surface area contributed by atoms with Crippen molar-refractivity contribution in [1.82, 2.24) is 16.0 Å². The first-order valence-electron chi connectivity index (χ1n) is 6.52. The zero-order valence-electron chi connectivity index (χ0n) is 10.8. The maximum atomic E-state index is 12.3. The largest absolute Gasteiger partial charge is 0.344 e. The zero-order chi connectivity index (χ0) is 13.2. The fourth-order valence-electron chi connectivity index (χ4n) is 2.45. The van der Waals surface area contributed by atoms with Gasteiger partial charge >= 0.3 is 0 Å². The van der Waals surface area contributed by atoms with Crippen LogP contribution >= 0.6 is 0 Å². The van der Waals surface area contributed by atoms with Gasteiger partial charge in [-0.1, -0.05) is 13.5 Å². The molecule has 2 aliphatic heterocycles. The van der Waals surface area contributed by atoms with Crippen LogP contribution in [0.3, 0.4) is 0 Å². The lowest BCUT2D eigenvalue weighted by atomic mass is 9.80. The van der Waals surface area contributed by atoms with Crippen molar-refractivity contribution in [1.29, 1.82) is 0 Å². The lowest BCUT2D eigenvalue weighted by molar-refractivity contribution is -0.136. The molecule has 1 atom stereocenters. The summed E-state index contributed by atoms with van der Waals surface area (Å²) in [6.07, 6.45) is 3.01. The molecule has 5 heteroatoms. The molecular weight excluding hydrogens is 230 g/mol. The maximum Gasteiger partial charge on any atom is 0.246 e. The second kappa shape index (κ2) is 5.10. The summed E-state index contributed by atoms with van der Waals surface area (Å²) >= 11 is 0. The summed E-state index contributed by atoms with van der Waals surface area (Å²) in [5.74, 6) is -0.145. The Bertz CT molecular complexity index is 372. The molecule has 0 aliphatic carbocycles. The molecule has 2 fully saturated rings. The van der Waals surface area contributed by atoms with Gasteiger partial charge in [0, 0.05) is 11.1 Å². The van der Waals surface area contributed by atoms with E-state index in [2.05, 4.69) is 22.5 Å². The van der Waals surface area contributed by atoms with Crippen LogP contribution in [0.5, 0.6) is 0 Å². The van der Waals surface area contributed by atoms with Gasteiger partial charge in [0.05, 0.1) is 0 Å².